The van der Waals surface area contributed by atoms with E-state index >= 15 is 0 Å². The van der Waals surface area contributed by atoms with Gasteiger partial charge in [0.1, 0.15) is 0 Å². The predicted octanol–water partition coefficient (Wildman–Crippen LogP) is 1.59. The highest BCUT2D eigenvalue weighted by atomic mass is 16.6. The summed E-state index contributed by atoms with van der Waals surface area (Å²) < 4.78 is 22.0. The molecule has 7 heteroatoms. The number of amides is 1. The van der Waals surface area contributed by atoms with Crippen LogP contribution in [0.2, 0.25) is 0 Å². The minimum atomic E-state index is -0.370. The zero-order valence-corrected chi connectivity index (χ0v) is 17.4. The average molecular weight is 377 g/mol. The fourth-order valence-electron chi connectivity index (χ4n) is 2.12. The first-order chi connectivity index (χ1) is 12.3. The maximum atomic E-state index is 11.8. The molecule has 1 unspecified atom stereocenters. The average Bonchev–Trinajstić information content (AvgIpc) is 2.64. The lowest BCUT2D eigenvalue weighted by Gasteiger charge is -2.25. The van der Waals surface area contributed by atoms with Gasteiger partial charge in [-0.1, -0.05) is 27.7 Å². The predicted molar refractivity (Wildman–Crippen MR) is 103 cm³/mol. The summed E-state index contributed by atoms with van der Waals surface area (Å²) in [5.41, 5.74) is 5.28. The lowest BCUT2D eigenvalue weighted by atomic mass is 9.83. The SMILES string of the molecule is CCC(C)(CCOCCOCCOCCOCC(C)(C)CN)C(=O)NC. The summed E-state index contributed by atoms with van der Waals surface area (Å²) in [6, 6.07) is 0. The Labute approximate surface area is 159 Å². The molecule has 0 rings (SSSR count). The summed E-state index contributed by atoms with van der Waals surface area (Å²) >= 11 is 0. The zero-order valence-electron chi connectivity index (χ0n) is 17.4. The highest BCUT2D eigenvalue weighted by molar-refractivity contribution is 5.81. The molecule has 26 heavy (non-hydrogen) atoms. The van der Waals surface area contributed by atoms with Crippen molar-refractivity contribution in [2.45, 2.75) is 40.5 Å². The van der Waals surface area contributed by atoms with E-state index in [1.165, 1.54) is 0 Å². The van der Waals surface area contributed by atoms with Crippen LogP contribution in [-0.4, -0.2) is 72.4 Å². The van der Waals surface area contributed by atoms with Crippen LogP contribution in [0.15, 0.2) is 0 Å². The highest BCUT2D eigenvalue weighted by Gasteiger charge is 2.29. The third kappa shape index (κ3) is 11.8. The second-order valence-electron chi connectivity index (χ2n) is 7.50. The van der Waals surface area contributed by atoms with E-state index in [1.807, 2.05) is 13.8 Å². The fraction of sp³-hybridized carbons (Fsp3) is 0.947. The van der Waals surface area contributed by atoms with Crippen LogP contribution in [0.4, 0.5) is 0 Å². The van der Waals surface area contributed by atoms with Gasteiger partial charge in [-0.2, -0.15) is 0 Å². The Bertz CT molecular complexity index is 366. The Morgan fingerprint density at radius 1 is 0.885 bits per heavy atom. The second kappa shape index (κ2) is 14.3. The Hall–Kier alpha value is -0.730. The first-order valence-electron chi connectivity index (χ1n) is 9.54. The molecule has 7 nitrogen and oxygen atoms in total. The van der Waals surface area contributed by atoms with Gasteiger partial charge >= 0.3 is 0 Å². The Morgan fingerprint density at radius 2 is 1.35 bits per heavy atom. The Kier molecular flexibility index (Phi) is 13.9. The van der Waals surface area contributed by atoms with Crippen LogP contribution >= 0.6 is 0 Å². The third-order valence-corrected chi connectivity index (χ3v) is 4.52. The van der Waals surface area contributed by atoms with Crippen molar-refractivity contribution < 1.29 is 23.7 Å². The van der Waals surface area contributed by atoms with Gasteiger partial charge in [-0.3, -0.25) is 4.79 Å². The summed E-state index contributed by atoms with van der Waals surface area (Å²) in [7, 11) is 1.67. The van der Waals surface area contributed by atoms with Crippen molar-refractivity contribution in [2.75, 3.05) is 66.4 Å². The molecular formula is C19H40N2O5. The number of nitrogens with two attached hydrogens (primary N) is 1. The molecule has 0 aromatic carbocycles. The normalized spacial score (nSPS) is 14.2. The number of hydrogen-bond donors (Lipinski definition) is 2. The molecule has 0 bridgehead atoms. The monoisotopic (exact) mass is 376 g/mol. The molecule has 0 aromatic rings. The van der Waals surface area contributed by atoms with E-state index in [0.717, 1.165) is 6.42 Å². The molecule has 0 aliphatic rings. The largest absolute Gasteiger partial charge is 0.379 e. The minimum Gasteiger partial charge on any atom is -0.379 e. The van der Waals surface area contributed by atoms with E-state index in [-0.39, 0.29) is 16.7 Å². The van der Waals surface area contributed by atoms with Gasteiger partial charge in [0, 0.05) is 24.5 Å². The standard InChI is InChI=1S/C19H40N2O5/c1-6-19(4,17(22)21-5)7-8-23-9-10-24-11-12-25-13-14-26-16-18(2,3)15-20/h6-16,20H2,1-5H3,(H,21,22). The summed E-state index contributed by atoms with van der Waals surface area (Å²) in [6.45, 7) is 13.1. The molecule has 0 fully saturated rings. The minimum absolute atomic E-state index is 0.0119. The lowest BCUT2D eigenvalue weighted by molar-refractivity contribution is -0.131. The number of carbonyl (C=O) groups is 1. The number of nitrogens with one attached hydrogen (secondary N) is 1. The number of carbonyl (C=O) groups excluding carboxylic acids is 1. The van der Waals surface area contributed by atoms with Crippen LogP contribution in [0.3, 0.4) is 0 Å². The highest BCUT2D eigenvalue weighted by Crippen LogP contribution is 2.25. The molecule has 0 saturated carbocycles. The van der Waals surface area contributed by atoms with Crippen molar-refractivity contribution in [3.63, 3.8) is 0 Å². The van der Waals surface area contributed by atoms with Crippen LogP contribution in [-0.2, 0) is 23.7 Å². The van der Waals surface area contributed by atoms with Crippen molar-refractivity contribution in [1.29, 1.82) is 0 Å². The van der Waals surface area contributed by atoms with Crippen molar-refractivity contribution in [3.05, 3.63) is 0 Å². The van der Waals surface area contributed by atoms with Gasteiger partial charge in [-0.05, 0) is 19.4 Å². The first-order valence-corrected chi connectivity index (χ1v) is 9.54. The van der Waals surface area contributed by atoms with Crippen LogP contribution in [0.5, 0.6) is 0 Å². The number of rotatable bonds is 17. The van der Waals surface area contributed by atoms with Crippen LogP contribution in [0, 0.1) is 10.8 Å². The maximum Gasteiger partial charge on any atom is 0.225 e. The molecule has 1 amide bonds. The molecule has 0 radical (unpaired) electrons. The molecule has 0 spiro atoms. The summed E-state index contributed by atoms with van der Waals surface area (Å²) in [4.78, 5) is 11.8. The van der Waals surface area contributed by atoms with Crippen molar-refractivity contribution in [1.82, 2.24) is 5.32 Å². The van der Waals surface area contributed by atoms with E-state index in [4.69, 9.17) is 24.7 Å². The molecule has 0 saturated heterocycles. The van der Waals surface area contributed by atoms with Crippen LogP contribution in [0.25, 0.3) is 0 Å². The third-order valence-electron chi connectivity index (χ3n) is 4.52. The Balaban J connectivity index is 3.43. The summed E-state index contributed by atoms with van der Waals surface area (Å²) in [5.74, 6) is 0.0626. The summed E-state index contributed by atoms with van der Waals surface area (Å²) in [6.07, 6.45) is 1.49. The van der Waals surface area contributed by atoms with Gasteiger partial charge in [0.25, 0.3) is 0 Å². The molecule has 156 valence electrons. The molecular weight excluding hydrogens is 336 g/mol. The van der Waals surface area contributed by atoms with Crippen molar-refractivity contribution in [2.24, 2.45) is 16.6 Å². The van der Waals surface area contributed by atoms with Gasteiger partial charge in [0.05, 0.1) is 46.2 Å². The molecule has 0 aromatic heterocycles. The van der Waals surface area contributed by atoms with Crippen LogP contribution in [0.1, 0.15) is 40.5 Å². The van der Waals surface area contributed by atoms with E-state index in [1.54, 1.807) is 7.05 Å². The lowest BCUT2D eigenvalue weighted by Crippen LogP contribution is -2.37. The van der Waals surface area contributed by atoms with E-state index in [9.17, 15) is 4.79 Å². The smallest absolute Gasteiger partial charge is 0.225 e. The van der Waals surface area contributed by atoms with Gasteiger partial charge in [-0.25, -0.2) is 0 Å². The van der Waals surface area contributed by atoms with Gasteiger partial charge in [0.2, 0.25) is 5.91 Å². The molecule has 0 aliphatic heterocycles. The van der Waals surface area contributed by atoms with Crippen molar-refractivity contribution >= 4 is 5.91 Å². The first kappa shape index (κ1) is 25.3. The van der Waals surface area contributed by atoms with Crippen LogP contribution < -0.4 is 11.1 Å². The molecule has 1 atom stereocenters. The maximum absolute atomic E-state index is 11.8. The fourth-order valence-corrected chi connectivity index (χ4v) is 2.12. The number of hydrogen-bond acceptors (Lipinski definition) is 6. The summed E-state index contributed by atoms with van der Waals surface area (Å²) in [5, 5.41) is 2.71. The topological polar surface area (TPSA) is 92.0 Å². The molecule has 0 aliphatic carbocycles. The molecule has 3 N–H and O–H groups in total. The van der Waals surface area contributed by atoms with E-state index < -0.39 is 0 Å². The van der Waals surface area contributed by atoms with E-state index in [2.05, 4.69) is 19.2 Å². The second-order valence-corrected chi connectivity index (χ2v) is 7.50. The van der Waals surface area contributed by atoms with E-state index in [0.29, 0.717) is 65.8 Å². The van der Waals surface area contributed by atoms with Crippen molar-refractivity contribution in [3.8, 4) is 0 Å². The molecule has 0 heterocycles. The number of ether oxygens (including phenoxy) is 4. The Morgan fingerprint density at radius 3 is 1.77 bits per heavy atom. The van der Waals surface area contributed by atoms with Gasteiger partial charge in [0.15, 0.2) is 0 Å². The van der Waals surface area contributed by atoms with Gasteiger partial charge < -0.3 is 30.0 Å². The van der Waals surface area contributed by atoms with Gasteiger partial charge in [-0.15, -0.1) is 0 Å². The quantitative estimate of drug-likeness (QED) is 0.375. The zero-order chi connectivity index (χ0) is 19.9.